The van der Waals surface area contributed by atoms with Gasteiger partial charge in [-0.05, 0) is 36.8 Å². The molecule has 0 aliphatic carbocycles. The molecular formula is C21H18F2N6. The molecule has 1 N–H and O–H groups in total. The second-order valence-electron chi connectivity index (χ2n) is 6.01. The number of hydrogen-bond acceptors (Lipinski definition) is 5. The Morgan fingerprint density at radius 1 is 1.07 bits per heavy atom. The minimum atomic E-state index is -0.435. The fourth-order valence-corrected chi connectivity index (χ4v) is 2.72. The first-order valence-corrected chi connectivity index (χ1v) is 8.90. The van der Waals surface area contributed by atoms with E-state index >= 15 is 0 Å². The molecule has 4 heterocycles. The Kier molecular flexibility index (Phi) is 6.43. The maximum atomic E-state index is 13.8. The van der Waals surface area contributed by atoms with E-state index in [4.69, 9.17) is 0 Å². The summed E-state index contributed by atoms with van der Waals surface area (Å²) in [6.07, 6.45) is 6.14. The zero-order chi connectivity index (χ0) is 20.6. The van der Waals surface area contributed by atoms with Crippen molar-refractivity contribution in [1.82, 2.24) is 19.5 Å². The maximum Gasteiger partial charge on any atom is 0.195 e. The first kappa shape index (κ1) is 19.9. The normalized spacial score (nSPS) is 10.1. The lowest BCUT2D eigenvalue weighted by molar-refractivity contribution is 0.515. The van der Waals surface area contributed by atoms with Crippen LogP contribution >= 0.6 is 0 Å². The van der Waals surface area contributed by atoms with Gasteiger partial charge in [-0.3, -0.25) is 9.97 Å². The van der Waals surface area contributed by atoms with E-state index in [-0.39, 0.29) is 6.54 Å². The van der Waals surface area contributed by atoms with Gasteiger partial charge in [-0.15, -0.1) is 0 Å². The second-order valence-corrected chi connectivity index (χ2v) is 6.01. The van der Waals surface area contributed by atoms with Crippen LogP contribution in [0.2, 0.25) is 0 Å². The zero-order valence-corrected chi connectivity index (χ0v) is 15.7. The number of fused-ring (bicyclic) bond motifs is 1. The quantitative estimate of drug-likeness (QED) is 0.560. The van der Waals surface area contributed by atoms with E-state index in [1.54, 1.807) is 18.5 Å². The summed E-state index contributed by atoms with van der Waals surface area (Å²) in [6, 6.07) is 12.0. The van der Waals surface area contributed by atoms with Crippen LogP contribution in [0.1, 0.15) is 18.1 Å². The van der Waals surface area contributed by atoms with Gasteiger partial charge in [0, 0.05) is 43.1 Å². The van der Waals surface area contributed by atoms with Crippen LogP contribution in [0, 0.1) is 23.1 Å². The monoisotopic (exact) mass is 392 g/mol. The van der Waals surface area contributed by atoms with E-state index < -0.39 is 11.8 Å². The van der Waals surface area contributed by atoms with Gasteiger partial charge in [-0.2, -0.15) is 9.65 Å². The molecular weight excluding hydrogens is 374 g/mol. The summed E-state index contributed by atoms with van der Waals surface area (Å²) >= 11 is 0. The van der Waals surface area contributed by atoms with Gasteiger partial charge in [0.15, 0.2) is 5.95 Å². The fraction of sp³-hybridized carbons (Fsp3) is 0.143. The van der Waals surface area contributed by atoms with E-state index in [0.29, 0.717) is 34.5 Å². The minimum absolute atomic E-state index is 0.257. The summed E-state index contributed by atoms with van der Waals surface area (Å²) in [5.74, 6) is -0.502. The van der Waals surface area contributed by atoms with Gasteiger partial charge < -0.3 is 9.88 Å². The number of nitriles is 1. The van der Waals surface area contributed by atoms with Crippen molar-refractivity contribution in [3.63, 3.8) is 0 Å². The predicted molar refractivity (Wildman–Crippen MR) is 106 cm³/mol. The molecule has 4 aromatic rings. The minimum Gasteiger partial charge on any atom is -0.365 e. The van der Waals surface area contributed by atoms with E-state index in [1.807, 2.05) is 31.2 Å². The van der Waals surface area contributed by atoms with Crippen LogP contribution in [-0.4, -0.2) is 19.5 Å². The van der Waals surface area contributed by atoms with Crippen molar-refractivity contribution >= 4 is 16.9 Å². The lowest BCUT2D eigenvalue weighted by atomic mass is 10.2. The molecule has 0 unspecified atom stereocenters. The molecule has 146 valence electrons. The van der Waals surface area contributed by atoms with E-state index in [2.05, 4.69) is 20.3 Å². The predicted octanol–water partition coefficient (Wildman–Crippen LogP) is 4.29. The Balaban J connectivity index is 0.000000343. The highest BCUT2D eigenvalue weighted by Gasteiger charge is 2.13. The smallest absolute Gasteiger partial charge is 0.195 e. The molecule has 0 radical (unpaired) electrons. The topological polar surface area (TPSA) is 79.4 Å². The van der Waals surface area contributed by atoms with E-state index in [1.165, 1.54) is 22.9 Å². The molecule has 4 aromatic heterocycles. The molecule has 4 rings (SSSR count). The number of hydrogen-bond donors (Lipinski definition) is 1. The summed E-state index contributed by atoms with van der Waals surface area (Å²) in [5.41, 5.74) is 1.38. The number of aromatic nitrogens is 4. The van der Waals surface area contributed by atoms with Crippen molar-refractivity contribution in [1.29, 1.82) is 5.26 Å². The molecule has 8 heteroatoms. The average Bonchev–Trinajstić information content (AvgIpc) is 3.07. The average molecular weight is 392 g/mol. The van der Waals surface area contributed by atoms with Crippen molar-refractivity contribution in [3.8, 4) is 6.07 Å². The van der Waals surface area contributed by atoms with Gasteiger partial charge in [-0.25, -0.2) is 9.37 Å². The van der Waals surface area contributed by atoms with Gasteiger partial charge in [0.2, 0.25) is 0 Å². The molecule has 6 nitrogen and oxygen atoms in total. The van der Waals surface area contributed by atoms with Gasteiger partial charge in [-0.1, -0.05) is 6.07 Å². The first-order chi connectivity index (χ1) is 14.1. The highest BCUT2D eigenvalue weighted by molar-refractivity contribution is 5.81. The first-order valence-electron chi connectivity index (χ1n) is 8.90. The van der Waals surface area contributed by atoms with Crippen molar-refractivity contribution in [3.05, 3.63) is 84.1 Å². The van der Waals surface area contributed by atoms with Crippen molar-refractivity contribution in [2.75, 3.05) is 5.32 Å². The summed E-state index contributed by atoms with van der Waals surface area (Å²) < 4.78 is 28.4. The fourth-order valence-electron chi connectivity index (χ4n) is 2.72. The Bertz CT molecular complexity index is 1110. The van der Waals surface area contributed by atoms with Crippen LogP contribution in [0.15, 0.2) is 61.2 Å². The highest BCUT2D eigenvalue weighted by atomic mass is 19.1. The SMILES string of the molecule is CCn1c(F)cc2cc(C#N)c(NCc3cncc(F)c3)nc21.c1ccncc1. The number of rotatable bonds is 4. The maximum absolute atomic E-state index is 13.8. The van der Waals surface area contributed by atoms with Gasteiger partial charge in [0.1, 0.15) is 23.4 Å². The van der Waals surface area contributed by atoms with E-state index in [0.717, 1.165) is 6.20 Å². The third kappa shape index (κ3) is 4.90. The van der Waals surface area contributed by atoms with Gasteiger partial charge >= 0.3 is 0 Å². The van der Waals surface area contributed by atoms with Gasteiger partial charge in [0.05, 0.1) is 11.8 Å². The molecule has 0 saturated carbocycles. The highest BCUT2D eigenvalue weighted by Crippen LogP contribution is 2.23. The lowest BCUT2D eigenvalue weighted by Crippen LogP contribution is -2.06. The largest absolute Gasteiger partial charge is 0.365 e. The molecule has 0 atom stereocenters. The molecule has 0 bridgehead atoms. The third-order valence-electron chi connectivity index (χ3n) is 4.04. The van der Waals surface area contributed by atoms with Gasteiger partial charge in [0.25, 0.3) is 0 Å². The molecule has 29 heavy (non-hydrogen) atoms. The Morgan fingerprint density at radius 3 is 2.45 bits per heavy atom. The molecule has 0 aliphatic heterocycles. The van der Waals surface area contributed by atoms with Crippen molar-refractivity contribution in [2.45, 2.75) is 20.0 Å². The molecule has 0 aliphatic rings. The van der Waals surface area contributed by atoms with Crippen LogP contribution in [-0.2, 0) is 13.1 Å². The second kappa shape index (κ2) is 9.37. The Morgan fingerprint density at radius 2 is 1.86 bits per heavy atom. The third-order valence-corrected chi connectivity index (χ3v) is 4.04. The number of pyridine rings is 3. The van der Waals surface area contributed by atoms with Crippen LogP contribution < -0.4 is 5.32 Å². The van der Waals surface area contributed by atoms with Crippen LogP contribution in [0.5, 0.6) is 0 Å². The van der Waals surface area contributed by atoms with Crippen LogP contribution in [0.4, 0.5) is 14.6 Å². The van der Waals surface area contributed by atoms with Crippen molar-refractivity contribution < 1.29 is 8.78 Å². The Labute approximate surface area is 166 Å². The van der Waals surface area contributed by atoms with Crippen LogP contribution in [0.3, 0.4) is 0 Å². The molecule has 0 saturated heterocycles. The lowest BCUT2D eigenvalue weighted by Gasteiger charge is -2.09. The molecule has 0 fully saturated rings. The number of halogens is 2. The summed E-state index contributed by atoms with van der Waals surface area (Å²) in [4.78, 5) is 11.9. The zero-order valence-electron chi connectivity index (χ0n) is 15.7. The molecule has 0 spiro atoms. The number of anilines is 1. The molecule has 0 amide bonds. The summed E-state index contributed by atoms with van der Waals surface area (Å²) in [7, 11) is 0. The number of aryl methyl sites for hydroxylation is 1. The summed E-state index contributed by atoms with van der Waals surface area (Å²) in [6.45, 7) is 2.50. The summed E-state index contributed by atoms with van der Waals surface area (Å²) in [5, 5.41) is 12.8. The standard InChI is InChI=1S/C16H13F2N5.C5H5N/c1-2-23-14(18)5-11-4-12(6-19)15(22-16(11)23)21-8-10-3-13(17)9-20-7-10;1-2-4-6-5-3-1/h3-5,7,9H,2,8H2,1H3,(H,21,22);1-5H. The van der Waals surface area contributed by atoms with Crippen LogP contribution in [0.25, 0.3) is 11.0 Å². The number of nitrogens with one attached hydrogen (secondary N) is 1. The van der Waals surface area contributed by atoms with E-state index in [9.17, 15) is 14.0 Å². The van der Waals surface area contributed by atoms with Crippen molar-refractivity contribution in [2.24, 2.45) is 0 Å². The molecule has 0 aromatic carbocycles. The number of nitrogens with zero attached hydrogens (tertiary/aromatic N) is 5. The Hall–Kier alpha value is -3.86.